The number of aryl methyl sites for hydroxylation is 2. The molecule has 0 heterocycles. The molecule has 15 heavy (non-hydrogen) atoms. The molecule has 0 saturated carbocycles. The summed E-state index contributed by atoms with van der Waals surface area (Å²) in [7, 11) is 0. The fourth-order valence-electron chi connectivity index (χ4n) is 1.66. The zero-order valence-electron chi connectivity index (χ0n) is 10.1. The van der Waals surface area contributed by atoms with Gasteiger partial charge < -0.3 is 5.32 Å². The second-order valence-electron chi connectivity index (χ2n) is 4.02. The quantitative estimate of drug-likeness (QED) is 0.674. The summed E-state index contributed by atoms with van der Waals surface area (Å²) in [6.45, 7) is 6.69. The molecule has 0 aliphatic carbocycles. The van der Waals surface area contributed by atoms with Crippen LogP contribution >= 0.6 is 0 Å². The number of hydrogen-bond donors (Lipinski definition) is 1. The molecule has 0 amide bonds. The Labute approximate surface area is 93.9 Å². The fourth-order valence-corrected chi connectivity index (χ4v) is 1.66. The van der Waals surface area contributed by atoms with Gasteiger partial charge in [0.05, 0.1) is 0 Å². The van der Waals surface area contributed by atoms with Crippen LogP contribution in [0.1, 0.15) is 37.8 Å². The molecule has 1 aromatic carbocycles. The van der Waals surface area contributed by atoms with Crippen LogP contribution in [-0.2, 0) is 12.8 Å². The van der Waals surface area contributed by atoms with Gasteiger partial charge in [0, 0.05) is 0 Å². The minimum absolute atomic E-state index is 1.14. The predicted octanol–water partition coefficient (Wildman–Crippen LogP) is 3.18. The number of rotatable bonds is 7. The van der Waals surface area contributed by atoms with Crippen molar-refractivity contribution in [3.05, 3.63) is 35.4 Å². The van der Waals surface area contributed by atoms with Crippen LogP contribution in [0.2, 0.25) is 0 Å². The zero-order chi connectivity index (χ0) is 10.9. The van der Waals surface area contributed by atoms with Gasteiger partial charge in [0.15, 0.2) is 0 Å². The summed E-state index contributed by atoms with van der Waals surface area (Å²) in [5.41, 5.74) is 2.90. The van der Waals surface area contributed by atoms with E-state index < -0.39 is 0 Å². The van der Waals surface area contributed by atoms with Crippen LogP contribution in [0.15, 0.2) is 24.3 Å². The van der Waals surface area contributed by atoms with Crippen LogP contribution in [-0.4, -0.2) is 13.1 Å². The normalized spacial score (nSPS) is 10.5. The third kappa shape index (κ3) is 4.98. The molecule has 1 N–H and O–H groups in total. The standard InChI is InChI=1S/C14H23N/c1-3-11-15-12-5-6-14-9-7-13(4-2)8-10-14/h7-10,15H,3-6,11-12H2,1-2H3. The molecule has 0 aliphatic heterocycles. The molecule has 1 aromatic rings. The summed E-state index contributed by atoms with van der Waals surface area (Å²) in [5, 5.41) is 3.43. The molecule has 0 atom stereocenters. The fraction of sp³-hybridized carbons (Fsp3) is 0.571. The van der Waals surface area contributed by atoms with E-state index in [1.54, 1.807) is 0 Å². The zero-order valence-corrected chi connectivity index (χ0v) is 10.1. The lowest BCUT2D eigenvalue weighted by Gasteiger charge is -2.04. The second-order valence-corrected chi connectivity index (χ2v) is 4.02. The molecule has 0 fully saturated rings. The molecule has 0 bridgehead atoms. The van der Waals surface area contributed by atoms with Crippen molar-refractivity contribution >= 4 is 0 Å². The van der Waals surface area contributed by atoms with Gasteiger partial charge in [-0.25, -0.2) is 0 Å². The monoisotopic (exact) mass is 205 g/mol. The highest BCUT2D eigenvalue weighted by Crippen LogP contribution is 2.06. The van der Waals surface area contributed by atoms with E-state index >= 15 is 0 Å². The van der Waals surface area contributed by atoms with Gasteiger partial charge in [-0.15, -0.1) is 0 Å². The largest absolute Gasteiger partial charge is 0.317 e. The van der Waals surface area contributed by atoms with Gasteiger partial charge in [0.25, 0.3) is 0 Å². The highest BCUT2D eigenvalue weighted by molar-refractivity contribution is 5.22. The first-order chi connectivity index (χ1) is 7.36. The van der Waals surface area contributed by atoms with Gasteiger partial charge in [0.2, 0.25) is 0 Å². The Kier molecular flexibility index (Phi) is 6.10. The molecule has 1 nitrogen and oxygen atoms in total. The number of nitrogens with one attached hydrogen (secondary N) is 1. The summed E-state index contributed by atoms with van der Waals surface area (Å²) in [5.74, 6) is 0. The summed E-state index contributed by atoms with van der Waals surface area (Å²) in [4.78, 5) is 0. The van der Waals surface area contributed by atoms with Crippen LogP contribution in [0.4, 0.5) is 0 Å². The average Bonchev–Trinajstić information content (AvgIpc) is 2.30. The van der Waals surface area contributed by atoms with Crippen molar-refractivity contribution < 1.29 is 0 Å². The van der Waals surface area contributed by atoms with Gasteiger partial charge in [-0.2, -0.15) is 0 Å². The Hall–Kier alpha value is -0.820. The smallest absolute Gasteiger partial charge is 0.00458 e. The maximum atomic E-state index is 3.43. The van der Waals surface area contributed by atoms with Crippen molar-refractivity contribution in [2.45, 2.75) is 39.5 Å². The predicted molar refractivity (Wildman–Crippen MR) is 67.3 cm³/mol. The molecule has 1 rings (SSSR count). The van der Waals surface area contributed by atoms with Gasteiger partial charge in [-0.3, -0.25) is 0 Å². The summed E-state index contributed by atoms with van der Waals surface area (Å²) < 4.78 is 0. The Morgan fingerprint density at radius 3 is 2.20 bits per heavy atom. The van der Waals surface area contributed by atoms with Crippen molar-refractivity contribution in [1.82, 2.24) is 5.32 Å². The minimum atomic E-state index is 1.14. The Morgan fingerprint density at radius 1 is 0.933 bits per heavy atom. The lowest BCUT2D eigenvalue weighted by atomic mass is 10.1. The number of benzene rings is 1. The highest BCUT2D eigenvalue weighted by Gasteiger charge is 1.93. The van der Waals surface area contributed by atoms with Gasteiger partial charge in [-0.05, 0) is 49.9 Å². The van der Waals surface area contributed by atoms with Gasteiger partial charge in [0.1, 0.15) is 0 Å². The lowest BCUT2D eigenvalue weighted by Crippen LogP contribution is -2.16. The summed E-state index contributed by atoms with van der Waals surface area (Å²) in [6, 6.07) is 9.01. The van der Waals surface area contributed by atoms with Crippen molar-refractivity contribution in [1.29, 1.82) is 0 Å². The molecule has 0 aromatic heterocycles. The molecule has 1 heteroatoms. The van der Waals surface area contributed by atoms with Crippen LogP contribution in [0.25, 0.3) is 0 Å². The van der Waals surface area contributed by atoms with Gasteiger partial charge >= 0.3 is 0 Å². The average molecular weight is 205 g/mol. The van der Waals surface area contributed by atoms with Crippen LogP contribution < -0.4 is 5.32 Å². The molecule has 0 saturated heterocycles. The van der Waals surface area contributed by atoms with E-state index in [9.17, 15) is 0 Å². The van der Waals surface area contributed by atoms with Crippen molar-refractivity contribution in [2.24, 2.45) is 0 Å². The van der Waals surface area contributed by atoms with E-state index in [4.69, 9.17) is 0 Å². The van der Waals surface area contributed by atoms with E-state index in [-0.39, 0.29) is 0 Å². The third-order valence-electron chi connectivity index (χ3n) is 2.68. The Balaban J connectivity index is 2.20. The molecule has 0 aliphatic rings. The first-order valence-corrected chi connectivity index (χ1v) is 6.15. The molecular formula is C14H23N. The first kappa shape index (κ1) is 12.3. The van der Waals surface area contributed by atoms with Crippen LogP contribution in [0, 0.1) is 0 Å². The molecular weight excluding hydrogens is 182 g/mol. The van der Waals surface area contributed by atoms with Crippen LogP contribution in [0.3, 0.4) is 0 Å². The molecule has 84 valence electrons. The lowest BCUT2D eigenvalue weighted by molar-refractivity contribution is 0.640. The maximum absolute atomic E-state index is 3.43. The number of hydrogen-bond acceptors (Lipinski definition) is 1. The van der Waals surface area contributed by atoms with E-state index in [1.165, 1.54) is 30.4 Å². The Morgan fingerprint density at radius 2 is 1.60 bits per heavy atom. The second kappa shape index (κ2) is 7.47. The SMILES string of the molecule is CCCNCCCc1ccc(CC)cc1. The summed E-state index contributed by atoms with van der Waals surface area (Å²) in [6.07, 6.45) is 4.80. The molecule has 0 unspecified atom stereocenters. The molecule has 0 radical (unpaired) electrons. The topological polar surface area (TPSA) is 12.0 Å². The van der Waals surface area contributed by atoms with Crippen molar-refractivity contribution in [2.75, 3.05) is 13.1 Å². The Bertz CT molecular complexity index is 251. The van der Waals surface area contributed by atoms with E-state index in [0.29, 0.717) is 0 Å². The summed E-state index contributed by atoms with van der Waals surface area (Å²) >= 11 is 0. The van der Waals surface area contributed by atoms with Gasteiger partial charge in [-0.1, -0.05) is 38.1 Å². The van der Waals surface area contributed by atoms with Crippen molar-refractivity contribution in [3.63, 3.8) is 0 Å². The minimum Gasteiger partial charge on any atom is -0.317 e. The van der Waals surface area contributed by atoms with E-state index in [1.807, 2.05) is 0 Å². The van der Waals surface area contributed by atoms with E-state index in [0.717, 1.165) is 19.5 Å². The maximum Gasteiger partial charge on any atom is -0.00458 e. The first-order valence-electron chi connectivity index (χ1n) is 6.15. The highest BCUT2D eigenvalue weighted by atomic mass is 14.8. The van der Waals surface area contributed by atoms with E-state index in [2.05, 4.69) is 43.4 Å². The van der Waals surface area contributed by atoms with Crippen LogP contribution in [0.5, 0.6) is 0 Å². The molecule has 0 spiro atoms. The van der Waals surface area contributed by atoms with Crippen molar-refractivity contribution in [3.8, 4) is 0 Å². The third-order valence-corrected chi connectivity index (χ3v) is 2.68.